The summed E-state index contributed by atoms with van der Waals surface area (Å²) in [4.78, 5) is 12.2. The van der Waals surface area contributed by atoms with Crippen LogP contribution in [0, 0.1) is 6.92 Å². The van der Waals surface area contributed by atoms with E-state index >= 15 is 0 Å². The number of aromatic amines is 1. The van der Waals surface area contributed by atoms with Gasteiger partial charge >= 0.3 is 0 Å². The van der Waals surface area contributed by atoms with Gasteiger partial charge in [-0.3, -0.25) is 4.98 Å². The molecule has 0 unspecified atom stereocenters. The number of aryl methyl sites for hydroxylation is 2. The monoisotopic (exact) mass is 237 g/mol. The van der Waals surface area contributed by atoms with Gasteiger partial charge in [-0.05, 0) is 43.2 Å². The number of imidazole rings is 1. The average molecular weight is 237 g/mol. The minimum atomic E-state index is 0.906. The van der Waals surface area contributed by atoms with Gasteiger partial charge in [0.25, 0.3) is 0 Å². The molecule has 0 amide bonds. The number of hydrogen-bond donors (Lipinski definition) is 1. The SMILES string of the molecule is CCc1ccc2nc(-c3ccnc(C)c3)[nH]c2c1. The van der Waals surface area contributed by atoms with Gasteiger partial charge in [0.1, 0.15) is 5.82 Å². The van der Waals surface area contributed by atoms with Crippen LogP contribution in [0.15, 0.2) is 36.5 Å². The molecule has 1 N–H and O–H groups in total. The van der Waals surface area contributed by atoms with Gasteiger partial charge in [0, 0.05) is 17.5 Å². The molecular formula is C15H15N3. The first kappa shape index (κ1) is 11.0. The Morgan fingerprint density at radius 2 is 2.06 bits per heavy atom. The van der Waals surface area contributed by atoms with Crippen molar-refractivity contribution in [3.8, 4) is 11.4 Å². The number of H-pyrrole nitrogens is 1. The molecule has 0 radical (unpaired) electrons. The maximum Gasteiger partial charge on any atom is 0.138 e. The molecule has 90 valence electrons. The molecule has 3 rings (SSSR count). The Bertz CT molecular complexity index is 698. The summed E-state index contributed by atoms with van der Waals surface area (Å²) in [7, 11) is 0. The Kier molecular flexibility index (Phi) is 2.59. The van der Waals surface area contributed by atoms with Crippen LogP contribution in [0.2, 0.25) is 0 Å². The lowest BCUT2D eigenvalue weighted by molar-refractivity contribution is 1.14. The minimum absolute atomic E-state index is 0.906. The van der Waals surface area contributed by atoms with Crippen molar-refractivity contribution in [1.29, 1.82) is 0 Å². The second kappa shape index (κ2) is 4.26. The summed E-state index contributed by atoms with van der Waals surface area (Å²) in [6.45, 7) is 4.14. The number of benzene rings is 1. The fraction of sp³-hybridized carbons (Fsp3) is 0.200. The molecule has 18 heavy (non-hydrogen) atoms. The Balaban J connectivity index is 2.13. The molecule has 3 nitrogen and oxygen atoms in total. The van der Waals surface area contributed by atoms with Crippen molar-refractivity contribution in [2.75, 3.05) is 0 Å². The molecular weight excluding hydrogens is 222 g/mol. The maximum atomic E-state index is 4.62. The van der Waals surface area contributed by atoms with Crippen LogP contribution >= 0.6 is 0 Å². The van der Waals surface area contributed by atoms with Gasteiger partial charge < -0.3 is 4.98 Å². The lowest BCUT2D eigenvalue weighted by Crippen LogP contribution is -1.84. The van der Waals surface area contributed by atoms with E-state index in [9.17, 15) is 0 Å². The average Bonchev–Trinajstić information content (AvgIpc) is 2.81. The molecule has 0 saturated heterocycles. The van der Waals surface area contributed by atoms with Crippen molar-refractivity contribution in [3.05, 3.63) is 47.8 Å². The van der Waals surface area contributed by atoms with Crippen LogP contribution in [-0.4, -0.2) is 15.0 Å². The van der Waals surface area contributed by atoms with Gasteiger partial charge in [-0.1, -0.05) is 13.0 Å². The molecule has 2 aromatic heterocycles. The molecule has 0 fully saturated rings. The molecule has 0 spiro atoms. The number of pyridine rings is 1. The van der Waals surface area contributed by atoms with E-state index in [1.807, 2.05) is 25.3 Å². The second-order valence-corrected chi connectivity index (χ2v) is 4.48. The molecule has 0 aliphatic heterocycles. The molecule has 0 atom stereocenters. The first-order chi connectivity index (χ1) is 8.76. The van der Waals surface area contributed by atoms with E-state index in [-0.39, 0.29) is 0 Å². The van der Waals surface area contributed by atoms with E-state index in [1.54, 1.807) is 0 Å². The molecule has 0 aliphatic carbocycles. The minimum Gasteiger partial charge on any atom is -0.338 e. The van der Waals surface area contributed by atoms with Crippen molar-refractivity contribution in [2.45, 2.75) is 20.3 Å². The predicted octanol–water partition coefficient (Wildman–Crippen LogP) is 3.50. The van der Waals surface area contributed by atoms with Gasteiger partial charge in [-0.2, -0.15) is 0 Å². The third kappa shape index (κ3) is 1.88. The topological polar surface area (TPSA) is 41.6 Å². The normalized spacial score (nSPS) is 11.0. The van der Waals surface area contributed by atoms with Gasteiger partial charge in [-0.15, -0.1) is 0 Å². The highest BCUT2D eigenvalue weighted by molar-refractivity contribution is 5.80. The molecule has 2 heterocycles. The van der Waals surface area contributed by atoms with E-state index in [2.05, 4.69) is 40.1 Å². The zero-order chi connectivity index (χ0) is 12.5. The van der Waals surface area contributed by atoms with Crippen molar-refractivity contribution < 1.29 is 0 Å². The van der Waals surface area contributed by atoms with Gasteiger partial charge in [0.2, 0.25) is 0 Å². The van der Waals surface area contributed by atoms with Gasteiger partial charge in [0.15, 0.2) is 0 Å². The van der Waals surface area contributed by atoms with Crippen molar-refractivity contribution >= 4 is 11.0 Å². The van der Waals surface area contributed by atoms with Crippen LogP contribution in [0.5, 0.6) is 0 Å². The van der Waals surface area contributed by atoms with E-state index < -0.39 is 0 Å². The Labute approximate surface area is 106 Å². The van der Waals surface area contributed by atoms with E-state index in [0.29, 0.717) is 0 Å². The summed E-state index contributed by atoms with van der Waals surface area (Å²) in [6, 6.07) is 10.4. The van der Waals surface area contributed by atoms with Crippen molar-refractivity contribution in [2.24, 2.45) is 0 Å². The number of nitrogens with one attached hydrogen (secondary N) is 1. The molecule has 3 aromatic rings. The summed E-state index contributed by atoms with van der Waals surface area (Å²) in [6.07, 6.45) is 2.86. The lowest BCUT2D eigenvalue weighted by atomic mass is 10.1. The number of rotatable bonds is 2. The van der Waals surface area contributed by atoms with Crippen LogP contribution in [-0.2, 0) is 6.42 Å². The third-order valence-electron chi connectivity index (χ3n) is 3.12. The zero-order valence-electron chi connectivity index (χ0n) is 10.6. The smallest absolute Gasteiger partial charge is 0.138 e. The van der Waals surface area contributed by atoms with Crippen LogP contribution in [0.25, 0.3) is 22.4 Å². The molecule has 3 heteroatoms. The van der Waals surface area contributed by atoms with E-state index in [1.165, 1.54) is 5.56 Å². The highest BCUT2D eigenvalue weighted by atomic mass is 14.9. The summed E-state index contributed by atoms with van der Waals surface area (Å²) in [5.41, 5.74) is 5.51. The standard InChI is InChI=1S/C15H15N3/c1-3-11-4-5-13-14(9-11)18-15(17-13)12-6-7-16-10(2)8-12/h4-9H,3H2,1-2H3,(H,17,18). The number of fused-ring (bicyclic) bond motifs is 1. The zero-order valence-corrected chi connectivity index (χ0v) is 10.6. The largest absolute Gasteiger partial charge is 0.338 e. The third-order valence-corrected chi connectivity index (χ3v) is 3.12. The number of hydrogen-bond acceptors (Lipinski definition) is 2. The molecule has 1 aromatic carbocycles. The molecule has 0 bridgehead atoms. The van der Waals surface area contributed by atoms with Crippen molar-refractivity contribution in [1.82, 2.24) is 15.0 Å². The number of aromatic nitrogens is 3. The fourth-order valence-corrected chi connectivity index (χ4v) is 2.11. The summed E-state index contributed by atoms with van der Waals surface area (Å²) in [5, 5.41) is 0. The fourth-order valence-electron chi connectivity index (χ4n) is 2.11. The Hall–Kier alpha value is -2.16. The lowest BCUT2D eigenvalue weighted by Gasteiger charge is -1.96. The van der Waals surface area contributed by atoms with Gasteiger partial charge in [-0.25, -0.2) is 4.98 Å². The van der Waals surface area contributed by atoms with Crippen LogP contribution < -0.4 is 0 Å². The van der Waals surface area contributed by atoms with Crippen LogP contribution in [0.4, 0.5) is 0 Å². The maximum absolute atomic E-state index is 4.62. The van der Waals surface area contributed by atoms with Gasteiger partial charge in [0.05, 0.1) is 11.0 Å². The van der Waals surface area contributed by atoms with E-state index in [0.717, 1.165) is 34.5 Å². The quantitative estimate of drug-likeness (QED) is 0.741. The Morgan fingerprint density at radius 3 is 2.83 bits per heavy atom. The summed E-state index contributed by atoms with van der Waals surface area (Å²) in [5.74, 6) is 0.906. The first-order valence-corrected chi connectivity index (χ1v) is 6.18. The predicted molar refractivity (Wildman–Crippen MR) is 73.4 cm³/mol. The highest BCUT2D eigenvalue weighted by Crippen LogP contribution is 2.21. The summed E-state index contributed by atoms with van der Waals surface area (Å²) >= 11 is 0. The Morgan fingerprint density at radius 1 is 1.17 bits per heavy atom. The second-order valence-electron chi connectivity index (χ2n) is 4.48. The van der Waals surface area contributed by atoms with Crippen LogP contribution in [0.1, 0.15) is 18.2 Å². The van der Waals surface area contributed by atoms with Crippen LogP contribution in [0.3, 0.4) is 0 Å². The first-order valence-electron chi connectivity index (χ1n) is 6.18. The highest BCUT2D eigenvalue weighted by Gasteiger charge is 2.05. The number of nitrogens with zero attached hydrogens (tertiary/aromatic N) is 2. The van der Waals surface area contributed by atoms with Crippen molar-refractivity contribution in [3.63, 3.8) is 0 Å². The molecule has 0 saturated carbocycles. The molecule has 0 aliphatic rings. The summed E-state index contributed by atoms with van der Waals surface area (Å²) < 4.78 is 0. The van der Waals surface area contributed by atoms with E-state index in [4.69, 9.17) is 0 Å².